The molecule has 40 heavy (non-hydrogen) atoms. The van der Waals surface area contributed by atoms with Gasteiger partial charge in [0.1, 0.15) is 6.61 Å². The first kappa shape index (κ1) is 30.4. The van der Waals surface area contributed by atoms with Crippen molar-refractivity contribution in [2.24, 2.45) is 11.3 Å². The van der Waals surface area contributed by atoms with Crippen molar-refractivity contribution >= 4 is 23.6 Å². The van der Waals surface area contributed by atoms with Gasteiger partial charge in [-0.25, -0.2) is 4.79 Å². The van der Waals surface area contributed by atoms with Crippen LogP contribution >= 0.6 is 0 Å². The van der Waals surface area contributed by atoms with Gasteiger partial charge in [-0.05, 0) is 35.1 Å². The van der Waals surface area contributed by atoms with Crippen LogP contribution in [-0.4, -0.2) is 41.7 Å². The van der Waals surface area contributed by atoms with Crippen LogP contribution in [0.5, 0.6) is 0 Å². The van der Waals surface area contributed by atoms with Crippen LogP contribution in [0.3, 0.4) is 0 Å². The minimum Gasteiger partial charge on any atom is -0.445 e. The molecular weight excluding hydrogens is 506 g/mol. The summed E-state index contributed by atoms with van der Waals surface area (Å²) in [6.45, 7) is 5.67. The van der Waals surface area contributed by atoms with Crippen molar-refractivity contribution < 1.29 is 24.2 Å². The van der Waals surface area contributed by atoms with E-state index in [1.165, 1.54) is 0 Å². The molecule has 0 spiro atoms. The molecule has 0 radical (unpaired) electrons. The molecule has 3 amide bonds. The lowest BCUT2D eigenvalue weighted by Crippen LogP contribution is -2.51. The maximum Gasteiger partial charge on any atom is 0.407 e. The monoisotopic (exact) mass is 545 g/mol. The third-order valence-corrected chi connectivity index (χ3v) is 6.57. The third-order valence-electron chi connectivity index (χ3n) is 6.57. The van der Waals surface area contributed by atoms with Gasteiger partial charge in [0.2, 0.25) is 11.8 Å². The molecule has 8 nitrogen and oxygen atoms in total. The number of aliphatic hydroxyl groups is 1. The number of amides is 3. The van der Waals surface area contributed by atoms with E-state index in [1.54, 1.807) is 12.1 Å². The summed E-state index contributed by atoms with van der Waals surface area (Å²) in [6.07, 6.45) is -1.45. The Balaban J connectivity index is 1.61. The van der Waals surface area contributed by atoms with Crippen LogP contribution in [0.25, 0.3) is 0 Å². The Labute approximate surface area is 236 Å². The smallest absolute Gasteiger partial charge is 0.407 e. The van der Waals surface area contributed by atoms with Crippen molar-refractivity contribution in [2.75, 3.05) is 11.9 Å². The van der Waals surface area contributed by atoms with Crippen molar-refractivity contribution in [1.82, 2.24) is 10.6 Å². The zero-order valence-corrected chi connectivity index (χ0v) is 23.3. The van der Waals surface area contributed by atoms with Crippen LogP contribution < -0.4 is 16.0 Å². The molecule has 8 heteroatoms. The predicted octanol–water partition coefficient (Wildman–Crippen LogP) is 4.69. The lowest BCUT2D eigenvalue weighted by atomic mass is 9.78. The number of hydrogen-bond donors (Lipinski definition) is 4. The zero-order valence-electron chi connectivity index (χ0n) is 23.3. The average molecular weight is 546 g/mol. The molecule has 0 aliphatic rings. The molecule has 0 aromatic heterocycles. The highest BCUT2D eigenvalue weighted by Crippen LogP contribution is 2.29. The molecule has 3 aromatic rings. The second-order valence-electron chi connectivity index (χ2n) is 10.9. The fraction of sp³-hybridized carbons (Fsp3) is 0.344. The van der Waals surface area contributed by atoms with E-state index in [4.69, 9.17) is 4.74 Å². The Morgan fingerprint density at radius 1 is 0.825 bits per heavy atom. The molecule has 0 bridgehead atoms. The quantitative estimate of drug-likeness (QED) is 0.263. The summed E-state index contributed by atoms with van der Waals surface area (Å²) in [6, 6.07) is 27.1. The van der Waals surface area contributed by atoms with Gasteiger partial charge >= 0.3 is 6.09 Å². The standard InChI is InChI=1S/C32H39N3O5/c1-32(2,3)26(20-29(37)34-25-17-11-6-12-18-25)30(38)33-21-28(36)27(19-23-13-7-4-8-14-23)35-31(39)40-22-24-15-9-5-10-16-24/h4-18,26-28,36H,19-22H2,1-3H3,(H,33,38)(H,34,37)(H,35,39)/t26-,27-,28+/m0/s1. The number of para-hydroxylation sites is 1. The average Bonchev–Trinajstić information content (AvgIpc) is 2.94. The van der Waals surface area contributed by atoms with E-state index < -0.39 is 29.6 Å². The number of carbonyl (C=O) groups is 3. The molecule has 212 valence electrons. The van der Waals surface area contributed by atoms with Crippen LogP contribution in [-0.2, 0) is 27.4 Å². The van der Waals surface area contributed by atoms with E-state index in [2.05, 4.69) is 16.0 Å². The SMILES string of the molecule is CC(C)(C)[C@@H](CC(=O)Nc1ccccc1)C(=O)NC[C@@H](O)[C@H](Cc1ccccc1)NC(=O)OCc1ccccc1. The molecule has 0 unspecified atom stereocenters. The summed E-state index contributed by atoms with van der Waals surface area (Å²) >= 11 is 0. The number of rotatable bonds is 12. The molecule has 0 aliphatic heterocycles. The first-order valence-corrected chi connectivity index (χ1v) is 13.4. The van der Waals surface area contributed by atoms with Crippen LogP contribution in [0.4, 0.5) is 10.5 Å². The van der Waals surface area contributed by atoms with Gasteiger partial charge in [-0.3, -0.25) is 9.59 Å². The Bertz CT molecular complexity index is 1210. The Morgan fingerprint density at radius 2 is 1.38 bits per heavy atom. The van der Waals surface area contributed by atoms with Crippen molar-refractivity contribution in [2.45, 2.75) is 52.4 Å². The summed E-state index contributed by atoms with van der Waals surface area (Å²) < 4.78 is 5.35. The fourth-order valence-electron chi connectivity index (χ4n) is 4.25. The lowest BCUT2D eigenvalue weighted by molar-refractivity contribution is -0.132. The van der Waals surface area contributed by atoms with Gasteiger partial charge in [0.05, 0.1) is 18.1 Å². The Morgan fingerprint density at radius 3 is 1.95 bits per heavy atom. The number of anilines is 1. The minimum atomic E-state index is -1.10. The lowest BCUT2D eigenvalue weighted by Gasteiger charge is -2.30. The van der Waals surface area contributed by atoms with Gasteiger partial charge < -0.3 is 25.8 Å². The van der Waals surface area contributed by atoms with E-state index in [9.17, 15) is 19.5 Å². The first-order valence-electron chi connectivity index (χ1n) is 13.4. The van der Waals surface area contributed by atoms with Crippen LogP contribution in [0, 0.1) is 11.3 Å². The van der Waals surface area contributed by atoms with Gasteiger partial charge in [0.15, 0.2) is 0 Å². The topological polar surface area (TPSA) is 117 Å². The predicted molar refractivity (Wildman–Crippen MR) is 155 cm³/mol. The van der Waals surface area contributed by atoms with Crippen molar-refractivity contribution in [3.05, 3.63) is 102 Å². The first-order chi connectivity index (χ1) is 19.1. The zero-order chi connectivity index (χ0) is 29.0. The molecule has 0 fully saturated rings. The van der Waals surface area contributed by atoms with E-state index >= 15 is 0 Å². The molecule has 0 aliphatic carbocycles. The van der Waals surface area contributed by atoms with E-state index in [0.29, 0.717) is 12.1 Å². The van der Waals surface area contributed by atoms with Gasteiger partial charge in [-0.2, -0.15) is 0 Å². The summed E-state index contributed by atoms with van der Waals surface area (Å²) in [4.78, 5) is 38.5. The van der Waals surface area contributed by atoms with Crippen molar-refractivity contribution in [3.8, 4) is 0 Å². The van der Waals surface area contributed by atoms with Crippen LogP contribution in [0.15, 0.2) is 91.0 Å². The molecule has 4 N–H and O–H groups in total. The molecular formula is C32H39N3O5. The summed E-state index contributed by atoms with van der Waals surface area (Å²) in [5, 5.41) is 19.4. The highest BCUT2D eigenvalue weighted by molar-refractivity contribution is 5.94. The van der Waals surface area contributed by atoms with Gasteiger partial charge in [0, 0.05) is 18.7 Å². The van der Waals surface area contributed by atoms with E-state index in [0.717, 1.165) is 11.1 Å². The maximum atomic E-state index is 13.2. The highest BCUT2D eigenvalue weighted by atomic mass is 16.5. The minimum absolute atomic E-state index is 0.0160. The van der Waals surface area contributed by atoms with E-state index in [1.807, 2.05) is 99.6 Å². The number of aliphatic hydroxyl groups excluding tert-OH is 1. The normalized spacial score (nSPS) is 13.4. The van der Waals surface area contributed by atoms with Crippen LogP contribution in [0.1, 0.15) is 38.3 Å². The number of carbonyl (C=O) groups excluding carboxylic acids is 3. The fourth-order valence-corrected chi connectivity index (χ4v) is 4.25. The van der Waals surface area contributed by atoms with Crippen LogP contribution in [0.2, 0.25) is 0 Å². The molecule has 0 heterocycles. The number of hydrogen-bond acceptors (Lipinski definition) is 5. The number of nitrogens with one attached hydrogen (secondary N) is 3. The molecule has 0 saturated carbocycles. The summed E-state index contributed by atoms with van der Waals surface area (Å²) in [5.74, 6) is -1.26. The second kappa shape index (κ2) is 14.8. The third kappa shape index (κ3) is 10.2. The van der Waals surface area contributed by atoms with Gasteiger partial charge in [-0.1, -0.05) is 99.6 Å². The number of alkyl carbamates (subject to hydrolysis) is 1. The highest BCUT2D eigenvalue weighted by Gasteiger charge is 2.34. The van der Waals surface area contributed by atoms with Gasteiger partial charge in [0.25, 0.3) is 0 Å². The molecule has 3 aromatic carbocycles. The maximum absolute atomic E-state index is 13.2. The van der Waals surface area contributed by atoms with Gasteiger partial charge in [-0.15, -0.1) is 0 Å². The largest absolute Gasteiger partial charge is 0.445 e. The summed E-state index contributed by atoms with van der Waals surface area (Å²) in [7, 11) is 0. The van der Waals surface area contributed by atoms with E-state index in [-0.39, 0.29) is 31.4 Å². The Kier molecular flexibility index (Phi) is 11.3. The summed E-state index contributed by atoms with van der Waals surface area (Å²) in [5.41, 5.74) is 1.90. The molecule has 0 saturated heterocycles. The number of ether oxygens (including phenoxy) is 1. The molecule has 3 rings (SSSR count). The Hall–Kier alpha value is -4.17. The molecule has 3 atom stereocenters. The van der Waals surface area contributed by atoms with Crippen molar-refractivity contribution in [3.63, 3.8) is 0 Å². The van der Waals surface area contributed by atoms with Crippen molar-refractivity contribution in [1.29, 1.82) is 0 Å². The second-order valence-corrected chi connectivity index (χ2v) is 10.9. The number of benzene rings is 3.